The van der Waals surface area contributed by atoms with Crippen LogP contribution in [0.5, 0.6) is 5.75 Å². The number of ether oxygens (including phenoxy) is 1. The number of hydrogen-bond acceptors (Lipinski definition) is 7. The smallest absolute Gasteiger partial charge is 0.226 e. The first kappa shape index (κ1) is 13.6. The van der Waals surface area contributed by atoms with Gasteiger partial charge >= 0.3 is 0 Å². The summed E-state index contributed by atoms with van der Waals surface area (Å²) in [6.07, 6.45) is 1.65. The lowest BCUT2D eigenvalue weighted by Crippen LogP contribution is -1.93. The summed E-state index contributed by atoms with van der Waals surface area (Å²) in [5.74, 6) is 2.04. The van der Waals surface area contributed by atoms with Crippen molar-refractivity contribution in [2.24, 2.45) is 7.05 Å². The molecular formula is C13H13N5O2S. The number of nitrogens with zero attached hydrogens (tertiary/aromatic N) is 5. The third-order valence-corrected chi connectivity index (χ3v) is 3.86. The molecule has 0 radical (unpaired) electrons. The highest BCUT2D eigenvalue weighted by atomic mass is 32.2. The molecule has 0 spiro atoms. The second-order valence-electron chi connectivity index (χ2n) is 4.25. The van der Waals surface area contributed by atoms with Crippen molar-refractivity contribution in [2.75, 3.05) is 7.11 Å². The van der Waals surface area contributed by atoms with Crippen LogP contribution in [0, 0.1) is 0 Å². The van der Waals surface area contributed by atoms with Crippen LogP contribution in [-0.2, 0) is 12.8 Å². The molecule has 1 aromatic carbocycles. The topological polar surface area (TPSA) is 78.9 Å². The Bertz CT molecular complexity index is 722. The van der Waals surface area contributed by atoms with Crippen LogP contribution in [0.15, 0.2) is 40.1 Å². The van der Waals surface area contributed by atoms with Crippen molar-refractivity contribution in [1.29, 1.82) is 0 Å². The number of rotatable bonds is 5. The molecule has 0 bridgehead atoms. The Labute approximate surface area is 125 Å². The molecule has 0 unspecified atom stereocenters. The SMILES string of the molecule is COc1ccc(-c2nc(CSc3nnnn3C)co2)cc1. The largest absolute Gasteiger partial charge is 0.497 e. The molecule has 0 saturated heterocycles. The van der Waals surface area contributed by atoms with Crippen molar-refractivity contribution in [3.63, 3.8) is 0 Å². The number of tetrazole rings is 1. The number of aryl methyl sites for hydroxylation is 1. The van der Waals surface area contributed by atoms with Crippen LogP contribution in [0.3, 0.4) is 0 Å². The molecule has 0 aliphatic rings. The highest BCUT2D eigenvalue weighted by Crippen LogP contribution is 2.24. The summed E-state index contributed by atoms with van der Waals surface area (Å²) in [6.45, 7) is 0. The Morgan fingerprint density at radius 1 is 1.29 bits per heavy atom. The second kappa shape index (κ2) is 5.96. The molecule has 8 heteroatoms. The summed E-state index contributed by atoms with van der Waals surface area (Å²) in [6, 6.07) is 7.57. The summed E-state index contributed by atoms with van der Waals surface area (Å²) in [5.41, 5.74) is 1.75. The fraction of sp³-hybridized carbons (Fsp3) is 0.231. The predicted octanol–water partition coefficient (Wildman–Crippen LogP) is 2.17. The van der Waals surface area contributed by atoms with E-state index in [1.54, 1.807) is 25.1 Å². The Hall–Kier alpha value is -2.35. The van der Waals surface area contributed by atoms with Crippen LogP contribution in [0.2, 0.25) is 0 Å². The number of oxazole rings is 1. The van der Waals surface area contributed by atoms with Crippen molar-refractivity contribution in [3.8, 4) is 17.2 Å². The number of thioether (sulfide) groups is 1. The Kier molecular flexibility index (Phi) is 3.87. The van der Waals surface area contributed by atoms with E-state index in [-0.39, 0.29) is 0 Å². The Morgan fingerprint density at radius 3 is 2.76 bits per heavy atom. The van der Waals surface area contributed by atoms with E-state index in [4.69, 9.17) is 9.15 Å². The van der Waals surface area contributed by atoms with Gasteiger partial charge in [-0.1, -0.05) is 11.8 Å². The minimum Gasteiger partial charge on any atom is -0.497 e. The molecule has 0 atom stereocenters. The van der Waals surface area contributed by atoms with Crippen molar-refractivity contribution >= 4 is 11.8 Å². The highest BCUT2D eigenvalue weighted by Gasteiger charge is 2.09. The fourth-order valence-electron chi connectivity index (χ4n) is 1.72. The summed E-state index contributed by atoms with van der Waals surface area (Å²) in [7, 11) is 3.44. The third kappa shape index (κ3) is 3.05. The predicted molar refractivity (Wildman–Crippen MR) is 76.9 cm³/mol. The van der Waals surface area contributed by atoms with E-state index in [9.17, 15) is 0 Å². The number of benzene rings is 1. The van der Waals surface area contributed by atoms with Crippen molar-refractivity contribution in [1.82, 2.24) is 25.2 Å². The standard InChI is InChI=1S/C13H13N5O2S/c1-18-13(15-16-17-18)21-8-10-7-20-12(14-10)9-3-5-11(19-2)6-4-9/h3-7H,8H2,1-2H3. The second-order valence-corrected chi connectivity index (χ2v) is 5.19. The van der Waals surface area contributed by atoms with Crippen molar-refractivity contribution < 1.29 is 9.15 Å². The highest BCUT2D eigenvalue weighted by molar-refractivity contribution is 7.98. The summed E-state index contributed by atoms with van der Waals surface area (Å²) in [5, 5.41) is 12.0. The molecule has 0 saturated carbocycles. The first-order valence-corrected chi connectivity index (χ1v) is 7.19. The minimum atomic E-state index is 0.587. The quantitative estimate of drug-likeness (QED) is 0.668. The van der Waals surface area contributed by atoms with Crippen LogP contribution >= 0.6 is 11.8 Å². The molecule has 0 aliphatic heterocycles. The molecule has 0 N–H and O–H groups in total. The van der Waals surface area contributed by atoms with Gasteiger partial charge in [0.05, 0.1) is 12.8 Å². The van der Waals surface area contributed by atoms with Gasteiger partial charge in [0.2, 0.25) is 11.0 Å². The van der Waals surface area contributed by atoms with Gasteiger partial charge < -0.3 is 9.15 Å². The number of hydrogen-bond donors (Lipinski definition) is 0. The molecular weight excluding hydrogens is 290 g/mol. The van der Waals surface area contributed by atoms with E-state index in [0.29, 0.717) is 11.6 Å². The molecule has 7 nitrogen and oxygen atoms in total. The molecule has 108 valence electrons. The first-order valence-electron chi connectivity index (χ1n) is 6.20. The molecule has 0 amide bonds. The van der Waals surface area contributed by atoms with E-state index in [1.165, 1.54) is 11.8 Å². The fourth-order valence-corrected chi connectivity index (χ4v) is 2.45. The van der Waals surface area contributed by atoms with Gasteiger partial charge in [0, 0.05) is 18.4 Å². The van der Waals surface area contributed by atoms with Gasteiger partial charge in [-0.3, -0.25) is 0 Å². The lowest BCUT2D eigenvalue weighted by atomic mass is 10.2. The Morgan fingerprint density at radius 2 is 2.10 bits per heavy atom. The van der Waals surface area contributed by atoms with Crippen molar-refractivity contribution in [2.45, 2.75) is 10.9 Å². The van der Waals surface area contributed by atoms with E-state index in [1.807, 2.05) is 24.3 Å². The van der Waals surface area contributed by atoms with Crippen LogP contribution in [0.1, 0.15) is 5.69 Å². The lowest BCUT2D eigenvalue weighted by Gasteiger charge is -1.99. The van der Waals surface area contributed by atoms with Gasteiger partial charge in [-0.05, 0) is 34.7 Å². The van der Waals surface area contributed by atoms with Crippen LogP contribution < -0.4 is 4.74 Å². The zero-order chi connectivity index (χ0) is 14.7. The molecule has 0 aliphatic carbocycles. The number of methoxy groups -OCH3 is 1. The summed E-state index contributed by atoms with van der Waals surface area (Å²) < 4.78 is 12.2. The zero-order valence-electron chi connectivity index (χ0n) is 11.6. The molecule has 0 fully saturated rings. The molecule has 2 heterocycles. The molecule has 21 heavy (non-hydrogen) atoms. The van der Waals surface area contributed by atoms with Crippen LogP contribution in [0.4, 0.5) is 0 Å². The van der Waals surface area contributed by atoms with Gasteiger partial charge in [-0.15, -0.1) is 5.10 Å². The lowest BCUT2D eigenvalue weighted by molar-refractivity contribution is 0.415. The van der Waals surface area contributed by atoms with Crippen molar-refractivity contribution in [3.05, 3.63) is 36.2 Å². The van der Waals surface area contributed by atoms with Crippen LogP contribution in [0.25, 0.3) is 11.5 Å². The van der Waals surface area contributed by atoms with Gasteiger partial charge in [-0.2, -0.15) is 0 Å². The van der Waals surface area contributed by atoms with E-state index < -0.39 is 0 Å². The van der Waals surface area contributed by atoms with Gasteiger partial charge in [0.15, 0.2) is 0 Å². The van der Waals surface area contributed by atoms with E-state index in [0.717, 1.165) is 22.2 Å². The molecule has 3 rings (SSSR count). The van der Waals surface area contributed by atoms with Gasteiger partial charge in [0.1, 0.15) is 12.0 Å². The third-order valence-electron chi connectivity index (χ3n) is 2.82. The maximum atomic E-state index is 5.50. The molecule has 3 aromatic rings. The minimum absolute atomic E-state index is 0.587. The summed E-state index contributed by atoms with van der Waals surface area (Å²) in [4.78, 5) is 4.46. The van der Waals surface area contributed by atoms with Crippen LogP contribution in [-0.4, -0.2) is 32.3 Å². The average molecular weight is 303 g/mol. The first-order chi connectivity index (χ1) is 10.3. The maximum absolute atomic E-state index is 5.50. The monoisotopic (exact) mass is 303 g/mol. The Balaban J connectivity index is 1.69. The maximum Gasteiger partial charge on any atom is 0.226 e. The van der Waals surface area contributed by atoms with Gasteiger partial charge in [-0.25, -0.2) is 9.67 Å². The van der Waals surface area contributed by atoms with E-state index in [2.05, 4.69) is 20.5 Å². The molecule has 2 aromatic heterocycles. The summed E-state index contributed by atoms with van der Waals surface area (Å²) >= 11 is 1.51. The van der Waals surface area contributed by atoms with E-state index >= 15 is 0 Å². The normalized spacial score (nSPS) is 10.8. The zero-order valence-corrected chi connectivity index (χ0v) is 12.4. The number of aromatic nitrogens is 5. The average Bonchev–Trinajstić information content (AvgIpc) is 3.14. The van der Waals surface area contributed by atoms with Gasteiger partial charge in [0.25, 0.3) is 0 Å².